The largest absolute Gasteiger partial charge is 0.388 e. The second-order valence-corrected chi connectivity index (χ2v) is 6.94. The lowest BCUT2D eigenvalue weighted by Gasteiger charge is -2.33. The Morgan fingerprint density at radius 3 is 2.83 bits per heavy atom. The topological polar surface area (TPSA) is 44.7 Å². The SMILES string of the molecule is C=C/N=C1/C(C(=O)N2CCCC2(C)C)=CC=C/C1=C(/C)NCCC. The number of carbonyl (C=O) groups excluding carboxylic acids is 1. The molecule has 0 saturated carbocycles. The van der Waals surface area contributed by atoms with E-state index in [1.54, 1.807) is 0 Å². The lowest BCUT2D eigenvalue weighted by Crippen LogP contribution is -2.44. The van der Waals surface area contributed by atoms with E-state index in [1.807, 2.05) is 30.1 Å². The third-order valence-electron chi connectivity index (χ3n) is 4.68. The predicted octanol–water partition coefficient (Wildman–Crippen LogP) is 3.74. The zero-order valence-electron chi connectivity index (χ0n) is 15.4. The fourth-order valence-corrected chi connectivity index (χ4v) is 3.29. The molecule has 0 bridgehead atoms. The molecule has 0 aromatic rings. The predicted molar refractivity (Wildman–Crippen MR) is 101 cm³/mol. The minimum Gasteiger partial charge on any atom is -0.388 e. The molecule has 0 spiro atoms. The van der Waals surface area contributed by atoms with Crippen molar-refractivity contribution in [2.45, 2.75) is 52.5 Å². The summed E-state index contributed by atoms with van der Waals surface area (Å²) >= 11 is 0. The van der Waals surface area contributed by atoms with Crippen molar-refractivity contribution in [2.75, 3.05) is 13.1 Å². The summed E-state index contributed by atoms with van der Waals surface area (Å²) in [5.74, 6) is 0.0586. The zero-order chi connectivity index (χ0) is 17.7. The average Bonchev–Trinajstić information content (AvgIpc) is 2.91. The summed E-state index contributed by atoms with van der Waals surface area (Å²) in [6.45, 7) is 13.9. The molecule has 0 aromatic heterocycles. The van der Waals surface area contributed by atoms with E-state index in [0.717, 1.165) is 43.6 Å². The summed E-state index contributed by atoms with van der Waals surface area (Å²) in [4.78, 5) is 19.6. The van der Waals surface area contributed by atoms with Crippen molar-refractivity contribution in [1.29, 1.82) is 0 Å². The van der Waals surface area contributed by atoms with Crippen LogP contribution in [-0.2, 0) is 4.79 Å². The number of rotatable bonds is 5. The molecule has 0 radical (unpaired) electrons. The van der Waals surface area contributed by atoms with Crippen molar-refractivity contribution in [1.82, 2.24) is 10.2 Å². The standard InChI is InChI=1S/C20H29N3O/c1-6-13-22-15(3)16-10-8-11-17(18(16)21-7-2)19(24)23-14-9-12-20(23,4)5/h7-8,10-11,22H,2,6,9,12-14H2,1,3-5H3/b16-15+,21-18+. The smallest absolute Gasteiger partial charge is 0.256 e. The Morgan fingerprint density at radius 2 is 2.25 bits per heavy atom. The summed E-state index contributed by atoms with van der Waals surface area (Å²) in [7, 11) is 0. The van der Waals surface area contributed by atoms with Crippen molar-refractivity contribution < 1.29 is 4.79 Å². The van der Waals surface area contributed by atoms with Gasteiger partial charge in [0.2, 0.25) is 0 Å². The monoisotopic (exact) mass is 327 g/mol. The van der Waals surface area contributed by atoms with Crippen LogP contribution in [0.5, 0.6) is 0 Å². The maximum atomic E-state index is 13.1. The highest BCUT2D eigenvalue weighted by atomic mass is 16.2. The number of nitrogens with zero attached hydrogens (tertiary/aromatic N) is 2. The van der Waals surface area contributed by atoms with Crippen LogP contribution in [-0.4, -0.2) is 35.1 Å². The van der Waals surface area contributed by atoms with Gasteiger partial charge in [0.1, 0.15) is 0 Å². The second kappa shape index (κ2) is 7.65. The third-order valence-corrected chi connectivity index (χ3v) is 4.68. The van der Waals surface area contributed by atoms with E-state index < -0.39 is 0 Å². The molecule has 0 atom stereocenters. The number of amides is 1. The summed E-state index contributed by atoms with van der Waals surface area (Å²) < 4.78 is 0. The Kier molecular flexibility index (Phi) is 5.81. The van der Waals surface area contributed by atoms with Gasteiger partial charge in [0.05, 0.1) is 11.3 Å². The number of aliphatic imine (C=N–C) groups is 1. The Hall–Kier alpha value is -2.10. The fraction of sp³-hybridized carbons (Fsp3) is 0.500. The molecule has 0 aromatic carbocycles. The highest BCUT2D eigenvalue weighted by Gasteiger charge is 2.38. The van der Waals surface area contributed by atoms with E-state index in [0.29, 0.717) is 11.3 Å². The molecule has 130 valence electrons. The van der Waals surface area contributed by atoms with Crippen molar-refractivity contribution in [3.05, 3.63) is 47.9 Å². The maximum Gasteiger partial charge on any atom is 0.256 e. The third kappa shape index (κ3) is 3.69. The van der Waals surface area contributed by atoms with E-state index in [-0.39, 0.29) is 11.4 Å². The Bertz CT molecular complexity index is 635. The highest BCUT2D eigenvalue weighted by Crippen LogP contribution is 2.31. The van der Waals surface area contributed by atoms with Gasteiger partial charge in [0.25, 0.3) is 5.91 Å². The molecule has 2 aliphatic rings. The first-order chi connectivity index (χ1) is 11.4. The van der Waals surface area contributed by atoms with E-state index >= 15 is 0 Å². The summed E-state index contributed by atoms with van der Waals surface area (Å²) in [6.07, 6.45) is 10.5. The van der Waals surface area contributed by atoms with Crippen molar-refractivity contribution in [2.24, 2.45) is 4.99 Å². The highest BCUT2D eigenvalue weighted by molar-refractivity contribution is 6.30. The molecule has 1 aliphatic heterocycles. The van der Waals surface area contributed by atoms with Crippen molar-refractivity contribution >= 4 is 11.6 Å². The maximum absolute atomic E-state index is 13.1. The molecule has 1 amide bonds. The Balaban J connectivity index is 2.37. The molecule has 1 N–H and O–H groups in total. The zero-order valence-corrected chi connectivity index (χ0v) is 15.4. The van der Waals surface area contributed by atoms with E-state index in [9.17, 15) is 4.79 Å². The molecule has 1 fully saturated rings. The van der Waals surface area contributed by atoms with Gasteiger partial charge in [-0.15, -0.1) is 0 Å². The molecule has 24 heavy (non-hydrogen) atoms. The van der Waals surface area contributed by atoms with E-state index in [4.69, 9.17) is 0 Å². The molecule has 1 aliphatic carbocycles. The van der Waals surface area contributed by atoms with Crippen LogP contribution in [0.4, 0.5) is 0 Å². The van der Waals surface area contributed by atoms with Crippen LogP contribution in [0.3, 0.4) is 0 Å². The number of carbonyl (C=O) groups is 1. The van der Waals surface area contributed by atoms with Gasteiger partial charge < -0.3 is 10.2 Å². The molecule has 2 rings (SSSR count). The first-order valence-corrected chi connectivity index (χ1v) is 8.77. The molecule has 4 heteroatoms. The molecule has 4 nitrogen and oxygen atoms in total. The Labute approximate surface area is 145 Å². The number of allylic oxidation sites excluding steroid dienone is 5. The lowest BCUT2D eigenvalue weighted by molar-refractivity contribution is -0.129. The molecule has 0 unspecified atom stereocenters. The average molecular weight is 327 g/mol. The van der Waals surface area contributed by atoms with Gasteiger partial charge in [-0.1, -0.05) is 25.7 Å². The molecule has 1 heterocycles. The van der Waals surface area contributed by atoms with Gasteiger partial charge in [-0.3, -0.25) is 9.79 Å². The molecule has 1 saturated heterocycles. The normalized spacial score (nSPS) is 23.2. The second-order valence-electron chi connectivity index (χ2n) is 6.94. The minimum absolute atomic E-state index is 0.0586. The van der Waals surface area contributed by atoms with Gasteiger partial charge >= 0.3 is 0 Å². The summed E-state index contributed by atoms with van der Waals surface area (Å²) in [5, 5.41) is 3.40. The van der Waals surface area contributed by atoms with Gasteiger partial charge in [0.15, 0.2) is 0 Å². The number of nitrogens with one attached hydrogen (secondary N) is 1. The first-order valence-electron chi connectivity index (χ1n) is 8.77. The number of hydrogen-bond acceptors (Lipinski definition) is 3. The fourth-order valence-electron chi connectivity index (χ4n) is 3.29. The van der Waals surface area contributed by atoms with Gasteiger partial charge in [0, 0.05) is 36.1 Å². The van der Waals surface area contributed by atoms with E-state index in [1.165, 1.54) is 6.20 Å². The molecular formula is C20H29N3O. The van der Waals surface area contributed by atoms with Crippen LogP contribution in [0, 0.1) is 0 Å². The Morgan fingerprint density at radius 1 is 1.50 bits per heavy atom. The van der Waals surface area contributed by atoms with Crippen LogP contribution in [0.15, 0.2) is 52.8 Å². The summed E-state index contributed by atoms with van der Waals surface area (Å²) in [5.41, 5.74) is 3.26. The van der Waals surface area contributed by atoms with Crippen LogP contribution >= 0.6 is 0 Å². The van der Waals surface area contributed by atoms with Crippen LogP contribution in [0.2, 0.25) is 0 Å². The quantitative estimate of drug-likeness (QED) is 0.836. The van der Waals surface area contributed by atoms with Crippen LogP contribution in [0.25, 0.3) is 0 Å². The van der Waals surface area contributed by atoms with Crippen LogP contribution < -0.4 is 5.32 Å². The van der Waals surface area contributed by atoms with Crippen molar-refractivity contribution in [3.8, 4) is 0 Å². The van der Waals surface area contributed by atoms with Crippen molar-refractivity contribution in [3.63, 3.8) is 0 Å². The lowest BCUT2D eigenvalue weighted by atomic mass is 9.93. The van der Waals surface area contributed by atoms with Crippen LogP contribution in [0.1, 0.15) is 47.0 Å². The van der Waals surface area contributed by atoms with Gasteiger partial charge in [-0.25, -0.2) is 0 Å². The number of hydrogen-bond donors (Lipinski definition) is 1. The summed E-state index contributed by atoms with van der Waals surface area (Å²) in [6, 6.07) is 0. The molecular weight excluding hydrogens is 298 g/mol. The minimum atomic E-state index is -0.0994. The number of likely N-dealkylation sites (tertiary alicyclic amines) is 1. The van der Waals surface area contributed by atoms with Gasteiger partial charge in [-0.2, -0.15) is 0 Å². The van der Waals surface area contributed by atoms with E-state index in [2.05, 4.69) is 37.7 Å². The first kappa shape index (κ1) is 18.2. The van der Waals surface area contributed by atoms with Gasteiger partial charge in [-0.05, 0) is 46.1 Å².